The van der Waals surface area contributed by atoms with Crippen LogP contribution in [0.15, 0.2) is 48.5 Å². The van der Waals surface area contributed by atoms with Crippen molar-refractivity contribution in [2.24, 2.45) is 0 Å². The first-order valence-electron chi connectivity index (χ1n) is 10.7. The third-order valence-corrected chi connectivity index (χ3v) is 6.34. The van der Waals surface area contributed by atoms with Gasteiger partial charge in [0, 0.05) is 13.0 Å². The van der Waals surface area contributed by atoms with Gasteiger partial charge in [0.05, 0.1) is 18.7 Å². The summed E-state index contributed by atoms with van der Waals surface area (Å²) in [5, 5.41) is 4.16. The molecule has 0 bridgehead atoms. The van der Waals surface area contributed by atoms with Crippen LogP contribution in [0.25, 0.3) is 0 Å². The topological polar surface area (TPSA) is 36.0 Å². The van der Waals surface area contributed by atoms with Crippen molar-refractivity contribution in [3.63, 3.8) is 0 Å². The van der Waals surface area contributed by atoms with Crippen molar-refractivity contribution >= 4 is 5.91 Å². The molecule has 0 radical (unpaired) electrons. The van der Waals surface area contributed by atoms with Gasteiger partial charge in [0.2, 0.25) is 5.91 Å². The molecule has 4 rings (SSSR count). The Balaban J connectivity index is 1.59. The number of carbonyl (C=O) groups excluding carboxylic acids is 1. The molecule has 0 unspecified atom stereocenters. The number of carbonyl (C=O) groups is 1. The van der Waals surface area contributed by atoms with Crippen molar-refractivity contribution in [1.82, 2.24) is 14.9 Å². The number of ether oxygens (including phenoxy) is 1. The van der Waals surface area contributed by atoms with Gasteiger partial charge in [-0.25, -0.2) is 9.40 Å². The second kappa shape index (κ2) is 8.74. The number of hydrogen-bond donors (Lipinski definition) is 0. The van der Waals surface area contributed by atoms with Crippen LogP contribution < -0.4 is 4.74 Å². The van der Waals surface area contributed by atoms with E-state index in [1.807, 2.05) is 48.3 Å². The Hall–Kier alpha value is -2.44. The van der Waals surface area contributed by atoms with Crippen LogP contribution in [0, 0.1) is 5.82 Å². The van der Waals surface area contributed by atoms with E-state index in [1.54, 1.807) is 0 Å². The van der Waals surface area contributed by atoms with E-state index in [0.29, 0.717) is 26.1 Å². The number of halogens is 1. The van der Waals surface area contributed by atoms with E-state index in [2.05, 4.69) is 17.0 Å². The molecule has 5 nitrogen and oxygen atoms in total. The van der Waals surface area contributed by atoms with Crippen molar-refractivity contribution in [3.8, 4) is 5.75 Å². The molecule has 0 aliphatic carbocycles. The highest BCUT2D eigenvalue weighted by atomic mass is 19.1. The molecule has 0 saturated carbocycles. The van der Waals surface area contributed by atoms with Gasteiger partial charge in [-0.2, -0.15) is 0 Å². The van der Waals surface area contributed by atoms with E-state index in [-0.39, 0.29) is 17.3 Å². The first kappa shape index (κ1) is 20.8. The van der Waals surface area contributed by atoms with Crippen LogP contribution in [-0.2, 0) is 17.9 Å². The average molecular weight is 412 g/mol. The fraction of sp³-hybridized carbons (Fsp3) is 0.458. The monoisotopic (exact) mass is 411 g/mol. The van der Waals surface area contributed by atoms with Crippen LogP contribution in [0.2, 0.25) is 0 Å². The number of hydrazine groups is 1. The van der Waals surface area contributed by atoms with Crippen molar-refractivity contribution in [2.45, 2.75) is 44.8 Å². The fourth-order valence-corrected chi connectivity index (χ4v) is 4.54. The average Bonchev–Trinajstić information content (AvgIpc) is 2.98. The van der Waals surface area contributed by atoms with Gasteiger partial charge in [0.15, 0.2) is 0 Å². The number of hydrogen-bond acceptors (Lipinski definition) is 4. The summed E-state index contributed by atoms with van der Waals surface area (Å²) in [7, 11) is 2.13. The molecule has 0 atom stereocenters. The zero-order valence-electron chi connectivity index (χ0n) is 17.8. The summed E-state index contributed by atoms with van der Waals surface area (Å²) >= 11 is 0. The number of piperidine rings is 1. The Labute approximate surface area is 178 Å². The first-order valence-corrected chi connectivity index (χ1v) is 10.7. The zero-order chi connectivity index (χ0) is 21.1. The lowest BCUT2D eigenvalue weighted by atomic mass is 9.84. The maximum absolute atomic E-state index is 13.4. The quantitative estimate of drug-likeness (QED) is 0.724. The maximum atomic E-state index is 13.4. The summed E-state index contributed by atoms with van der Waals surface area (Å²) in [5.41, 5.74) is 1.92. The van der Waals surface area contributed by atoms with E-state index in [4.69, 9.17) is 4.74 Å². The molecule has 2 fully saturated rings. The third kappa shape index (κ3) is 4.35. The van der Waals surface area contributed by atoms with Crippen LogP contribution >= 0.6 is 0 Å². The van der Waals surface area contributed by atoms with Crippen molar-refractivity contribution in [1.29, 1.82) is 0 Å². The minimum absolute atomic E-state index is 0.163. The van der Waals surface area contributed by atoms with Crippen LogP contribution in [0.4, 0.5) is 4.39 Å². The molecule has 2 aromatic carbocycles. The highest BCUT2D eigenvalue weighted by Crippen LogP contribution is 2.41. The smallest absolute Gasteiger partial charge is 0.239 e. The SMILES string of the molecule is CCOc1ccc(CN2C(=O)CC3(CCN(C)CC3)N2Cc2ccc(F)cc2)cc1. The van der Waals surface area contributed by atoms with Crippen LogP contribution in [0.1, 0.15) is 37.3 Å². The third-order valence-electron chi connectivity index (χ3n) is 6.34. The minimum Gasteiger partial charge on any atom is -0.494 e. The lowest BCUT2D eigenvalue weighted by Gasteiger charge is -2.45. The molecule has 6 heteroatoms. The van der Waals surface area contributed by atoms with Gasteiger partial charge >= 0.3 is 0 Å². The van der Waals surface area contributed by atoms with Crippen molar-refractivity contribution in [2.75, 3.05) is 26.7 Å². The van der Waals surface area contributed by atoms with Crippen molar-refractivity contribution < 1.29 is 13.9 Å². The minimum atomic E-state index is -0.239. The van der Waals surface area contributed by atoms with Crippen LogP contribution in [-0.4, -0.2) is 53.1 Å². The Morgan fingerprint density at radius 2 is 1.57 bits per heavy atom. The molecule has 2 aliphatic heterocycles. The van der Waals surface area contributed by atoms with Crippen molar-refractivity contribution in [3.05, 3.63) is 65.5 Å². The van der Waals surface area contributed by atoms with E-state index >= 15 is 0 Å². The summed E-state index contributed by atoms with van der Waals surface area (Å²) < 4.78 is 18.9. The summed E-state index contributed by atoms with van der Waals surface area (Å²) in [6.45, 7) is 5.68. The number of rotatable bonds is 6. The van der Waals surface area contributed by atoms with Gasteiger partial charge in [-0.05, 0) is 75.3 Å². The molecule has 1 spiro atoms. The largest absolute Gasteiger partial charge is 0.494 e. The highest BCUT2D eigenvalue weighted by Gasteiger charge is 2.50. The predicted molar refractivity (Wildman–Crippen MR) is 114 cm³/mol. The van der Waals surface area contributed by atoms with Crippen LogP contribution in [0.3, 0.4) is 0 Å². The number of amides is 1. The summed E-state index contributed by atoms with van der Waals surface area (Å²) in [4.78, 5) is 15.5. The fourth-order valence-electron chi connectivity index (χ4n) is 4.54. The molecule has 0 N–H and O–H groups in total. The molecular formula is C24H30FN3O2. The van der Waals surface area contributed by atoms with Gasteiger partial charge in [0.25, 0.3) is 0 Å². The van der Waals surface area contributed by atoms with Crippen LogP contribution in [0.5, 0.6) is 5.75 Å². The summed E-state index contributed by atoms with van der Waals surface area (Å²) in [6.07, 6.45) is 2.45. The van der Waals surface area contributed by atoms with Gasteiger partial charge in [0.1, 0.15) is 11.6 Å². The van der Waals surface area contributed by atoms with E-state index in [1.165, 1.54) is 12.1 Å². The standard InChI is InChI=1S/C24H30FN3O2/c1-3-30-22-10-6-19(7-11-22)17-27-23(29)16-24(12-14-26(2)15-13-24)28(27)18-20-4-8-21(25)9-5-20/h4-11H,3,12-18H2,1-2H3. The second-order valence-electron chi connectivity index (χ2n) is 8.42. The number of benzene rings is 2. The molecule has 2 saturated heterocycles. The predicted octanol–water partition coefficient (Wildman–Crippen LogP) is 3.84. The summed E-state index contributed by atoms with van der Waals surface area (Å²) in [6, 6.07) is 14.6. The van der Waals surface area contributed by atoms with Gasteiger partial charge < -0.3 is 9.64 Å². The summed E-state index contributed by atoms with van der Waals surface area (Å²) in [5.74, 6) is 0.760. The molecule has 2 heterocycles. The zero-order valence-corrected chi connectivity index (χ0v) is 17.8. The molecule has 1 amide bonds. The Morgan fingerprint density at radius 1 is 0.967 bits per heavy atom. The van der Waals surface area contributed by atoms with Gasteiger partial charge in [-0.1, -0.05) is 24.3 Å². The maximum Gasteiger partial charge on any atom is 0.239 e. The van der Waals surface area contributed by atoms with Gasteiger partial charge in [-0.3, -0.25) is 9.80 Å². The van der Waals surface area contributed by atoms with E-state index in [0.717, 1.165) is 42.8 Å². The highest BCUT2D eigenvalue weighted by molar-refractivity contribution is 5.79. The molecular weight excluding hydrogens is 381 g/mol. The van der Waals surface area contributed by atoms with E-state index in [9.17, 15) is 9.18 Å². The molecule has 0 aromatic heterocycles. The molecule has 2 aromatic rings. The second-order valence-corrected chi connectivity index (χ2v) is 8.42. The Morgan fingerprint density at radius 3 is 2.20 bits per heavy atom. The molecule has 30 heavy (non-hydrogen) atoms. The number of likely N-dealkylation sites (tertiary alicyclic amines) is 1. The van der Waals surface area contributed by atoms with E-state index < -0.39 is 0 Å². The molecule has 2 aliphatic rings. The first-order chi connectivity index (χ1) is 14.5. The normalized spacial score (nSPS) is 19.6. The number of nitrogens with zero attached hydrogens (tertiary/aromatic N) is 3. The molecule has 160 valence electrons. The Bertz CT molecular complexity index is 861. The lowest BCUT2D eigenvalue weighted by molar-refractivity contribution is -0.145. The van der Waals surface area contributed by atoms with Gasteiger partial charge in [-0.15, -0.1) is 0 Å². The lowest BCUT2D eigenvalue weighted by Crippen LogP contribution is -2.54. The Kier molecular flexibility index (Phi) is 6.06.